The second kappa shape index (κ2) is 3.81. The molecule has 1 saturated carbocycles. The Morgan fingerprint density at radius 3 is 2.80 bits per heavy atom. The summed E-state index contributed by atoms with van der Waals surface area (Å²) < 4.78 is 5.52. The van der Waals surface area contributed by atoms with Crippen LogP contribution in [0, 0.1) is 5.92 Å². The Morgan fingerprint density at radius 1 is 1.47 bits per heavy atom. The topological polar surface area (TPSA) is 78.3 Å². The quantitative estimate of drug-likeness (QED) is 0.725. The van der Waals surface area contributed by atoms with Gasteiger partial charge in [0.25, 0.3) is 5.91 Å². The molecule has 0 aromatic heterocycles. The number of anilines is 1. The Hall–Kier alpha value is -1.71. The summed E-state index contributed by atoms with van der Waals surface area (Å²) in [7, 11) is 0. The highest BCUT2D eigenvalue weighted by atomic mass is 16.5. The van der Waals surface area contributed by atoms with E-state index in [4.69, 9.17) is 16.2 Å². The number of benzene rings is 1. The van der Waals surface area contributed by atoms with Crippen molar-refractivity contribution in [3.63, 3.8) is 0 Å². The molecule has 0 atom stereocenters. The fourth-order valence-electron chi connectivity index (χ4n) is 1.38. The summed E-state index contributed by atoms with van der Waals surface area (Å²) in [6.45, 7) is 0.673. The summed E-state index contributed by atoms with van der Waals surface area (Å²) in [5.74, 6) is 0.684. The molecule has 0 spiro atoms. The molecule has 0 aliphatic heterocycles. The summed E-state index contributed by atoms with van der Waals surface area (Å²) in [5, 5.41) is 0. The van der Waals surface area contributed by atoms with E-state index in [1.54, 1.807) is 18.2 Å². The molecule has 80 valence electrons. The molecule has 4 heteroatoms. The lowest BCUT2D eigenvalue weighted by molar-refractivity contribution is 0.100. The highest BCUT2D eigenvalue weighted by Crippen LogP contribution is 2.31. The van der Waals surface area contributed by atoms with Crippen LogP contribution in [0.4, 0.5) is 5.69 Å². The SMILES string of the molecule is NC(=O)c1cccc(OCC2CC2)c1N. The molecule has 1 amide bonds. The standard InChI is InChI=1S/C11H14N2O2/c12-10-8(11(13)14)2-1-3-9(10)15-6-7-4-5-7/h1-3,7H,4-6,12H2,(H2,13,14). The van der Waals surface area contributed by atoms with Gasteiger partial charge in [0, 0.05) is 0 Å². The van der Waals surface area contributed by atoms with Crippen molar-refractivity contribution in [1.82, 2.24) is 0 Å². The minimum absolute atomic E-state index is 0.322. The third-order valence-corrected chi connectivity index (χ3v) is 2.50. The molecule has 4 nitrogen and oxygen atoms in total. The van der Waals surface area contributed by atoms with Crippen LogP contribution in [0.25, 0.3) is 0 Å². The molecule has 0 unspecified atom stereocenters. The third-order valence-electron chi connectivity index (χ3n) is 2.50. The molecular weight excluding hydrogens is 192 g/mol. The van der Waals surface area contributed by atoms with Gasteiger partial charge in [0.1, 0.15) is 5.75 Å². The molecule has 1 aromatic rings. The van der Waals surface area contributed by atoms with Crippen molar-refractivity contribution < 1.29 is 9.53 Å². The van der Waals surface area contributed by atoms with E-state index in [9.17, 15) is 4.79 Å². The number of hydrogen-bond acceptors (Lipinski definition) is 3. The van der Waals surface area contributed by atoms with E-state index < -0.39 is 5.91 Å². The average Bonchev–Trinajstić information content (AvgIpc) is 2.99. The van der Waals surface area contributed by atoms with Crippen LogP contribution in [-0.2, 0) is 0 Å². The Bertz CT molecular complexity index is 386. The summed E-state index contributed by atoms with van der Waals surface area (Å²) in [6.07, 6.45) is 2.44. The predicted octanol–water partition coefficient (Wildman–Crippen LogP) is 1.16. The van der Waals surface area contributed by atoms with Crippen LogP contribution in [0.1, 0.15) is 23.2 Å². The van der Waals surface area contributed by atoms with Gasteiger partial charge in [-0.15, -0.1) is 0 Å². The van der Waals surface area contributed by atoms with Crippen LogP contribution in [0.2, 0.25) is 0 Å². The lowest BCUT2D eigenvalue weighted by Crippen LogP contribution is -2.14. The van der Waals surface area contributed by atoms with E-state index in [2.05, 4.69) is 0 Å². The van der Waals surface area contributed by atoms with Crippen LogP contribution in [-0.4, -0.2) is 12.5 Å². The Labute approximate surface area is 88.2 Å². The maximum atomic E-state index is 11.0. The van der Waals surface area contributed by atoms with E-state index in [0.717, 1.165) is 0 Å². The summed E-state index contributed by atoms with van der Waals surface area (Å²) in [5.41, 5.74) is 11.6. The van der Waals surface area contributed by atoms with Gasteiger partial charge in [0.2, 0.25) is 0 Å². The number of ether oxygens (including phenoxy) is 1. The maximum Gasteiger partial charge on any atom is 0.250 e. The van der Waals surface area contributed by atoms with Gasteiger partial charge in [-0.1, -0.05) is 6.07 Å². The molecule has 1 aliphatic carbocycles. The molecule has 0 heterocycles. The first-order chi connectivity index (χ1) is 7.18. The Balaban J connectivity index is 2.14. The van der Waals surface area contributed by atoms with E-state index in [0.29, 0.717) is 29.5 Å². The maximum absolute atomic E-state index is 11.0. The number of carbonyl (C=O) groups excluding carboxylic acids is 1. The van der Waals surface area contributed by atoms with Gasteiger partial charge in [-0.25, -0.2) is 0 Å². The molecule has 0 saturated heterocycles. The van der Waals surface area contributed by atoms with Crippen molar-refractivity contribution in [2.24, 2.45) is 11.7 Å². The molecular formula is C11H14N2O2. The fraction of sp³-hybridized carbons (Fsp3) is 0.364. The van der Waals surface area contributed by atoms with Crippen LogP contribution in [0.5, 0.6) is 5.75 Å². The molecule has 2 rings (SSSR count). The van der Waals surface area contributed by atoms with Gasteiger partial charge >= 0.3 is 0 Å². The minimum atomic E-state index is -0.524. The van der Waals surface area contributed by atoms with E-state index in [1.807, 2.05) is 0 Å². The number of rotatable bonds is 4. The summed E-state index contributed by atoms with van der Waals surface area (Å²) in [6, 6.07) is 5.07. The highest BCUT2D eigenvalue weighted by molar-refractivity contribution is 5.99. The Morgan fingerprint density at radius 2 is 2.20 bits per heavy atom. The van der Waals surface area contributed by atoms with Crippen LogP contribution in [0.15, 0.2) is 18.2 Å². The molecule has 0 bridgehead atoms. The molecule has 1 aromatic carbocycles. The van der Waals surface area contributed by atoms with Crippen LogP contribution < -0.4 is 16.2 Å². The van der Waals surface area contributed by atoms with Crippen LogP contribution in [0.3, 0.4) is 0 Å². The first-order valence-corrected chi connectivity index (χ1v) is 4.99. The lowest BCUT2D eigenvalue weighted by Gasteiger charge is -2.10. The van der Waals surface area contributed by atoms with E-state index in [1.165, 1.54) is 12.8 Å². The Kier molecular flexibility index (Phi) is 2.49. The number of para-hydroxylation sites is 1. The number of hydrogen-bond donors (Lipinski definition) is 2. The first-order valence-electron chi connectivity index (χ1n) is 4.99. The number of nitrogens with two attached hydrogens (primary N) is 2. The molecule has 4 N–H and O–H groups in total. The predicted molar refractivity (Wildman–Crippen MR) is 57.6 cm³/mol. The normalized spacial score (nSPS) is 14.9. The molecule has 0 radical (unpaired) electrons. The van der Waals surface area contributed by atoms with Crippen LogP contribution >= 0.6 is 0 Å². The van der Waals surface area contributed by atoms with Crippen molar-refractivity contribution in [3.8, 4) is 5.75 Å². The zero-order valence-corrected chi connectivity index (χ0v) is 8.40. The van der Waals surface area contributed by atoms with Gasteiger partial charge < -0.3 is 16.2 Å². The van der Waals surface area contributed by atoms with Gasteiger partial charge in [0.15, 0.2) is 0 Å². The second-order valence-electron chi connectivity index (χ2n) is 3.84. The smallest absolute Gasteiger partial charge is 0.250 e. The summed E-state index contributed by atoms with van der Waals surface area (Å²) in [4.78, 5) is 11.0. The van der Waals surface area contributed by atoms with Crippen molar-refractivity contribution in [2.75, 3.05) is 12.3 Å². The first kappa shape index (κ1) is 9.83. The molecule has 15 heavy (non-hydrogen) atoms. The van der Waals surface area contributed by atoms with E-state index >= 15 is 0 Å². The molecule has 1 fully saturated rings. The van der Waals surface area contributed by atoms with Gasteiger partial charge in [-0.3, -0.25) is 4.79 Å². The number of amides is 1. The highest BCUT2D eigenvalue weighted by Gasteiger charge is 2.22. The largest absolute Gasteiger partial charge is 0.491 e. The fourth-order valence-corrected chi connectivity index (χ4v) is 1.38. The van der Waals surface area contributed by atoms with Crippen molar-refractivity contribution in [3.05, 3.63) is 23.8 Å². The van der Waals surface area contributed by atoms with Gasteiger partial charge in [0.05, 0.1) is 17.9 Å². The van der Waals surface area contributed by atoms with Crippen molar-refractivity contribution >= 4 is 11.6 Å². The monoisotopic (exact) mass is 206 g/mol. The third kappa shape index (κ3) is 2.21. The van der Waals surface area contributed by atoms with Crippen molar-refractivity contribution in [2.45, 2.75) is 12.8 Å². The number of carbonyl (C=O) groups is 1. The van der Waals surface area contributed by atoms with Gasteiger partial charge in [-0.2, -0.15) is 0 Å². The van der Waals surface area contributed by atoms with Gasteiger partial charge in [-0.05, 0) is 30.9 Å². The number of primary amides is 1. The van der Waals surface area contributed by atoms with Crippen molar-refractivity contribution in [1.29, 1.82) is 0 Å². The minimum Gasteiger partial charge on any atom is -0.491 e. The number of nitrogen functional groups attached to an aromatic ring is 1. The second-order valence-corrected chi connectivity index (χ2v) is 3.84. The average molecular weight is 206 g/mol. The van der Waals surface area contributed by atoms with E-state index in [-0.39, 0.29) is 0 Å². The molecule has 1 aliphatic rings. The zero-order valence-electron chi connectivity index (χ0n) is 8.40. The lowest BCUT2D eigenvalue weighted by atomic mass is 10.1. The summed E-state index contributed by atoms with van der Waals surface area (Å²) >= 11 is 0. The zero-order chi connectivity index (χ0) is 10.8.